The van der Waals surface area contributed by atoms with Crippen LogP contribution in [0.4, 0.5) is 4.39 Å². The number of rotatable bonds is 6. The van der Waals surface area contributed by atoms with Gasteiger partial charge in [-0.25, -0.2) is 9.37 Å². The normalized spacial score (nSPS) is 14.8. The lowest BCUT2D eigenvalue weighted by Crippen LogP contribution is -2.45. The van der Waals surface area contributed by atoms with Crippen LogP contribution in [0.15, 0.2) is 71.9 Å². The zero-order valence-electron chi connectivity index (χ0n) is 17.5. The van der Waals surface area contributed by atoms with Crippen LogP contribution in [0.5, 0.6) is 23.1 Å². The zero-order valence-corrected chi connectivity index (χ0v) is 19.8. The molecule has 1 aliphatic rings. The molecule has 9 heteroatoms. The summed E-state index contributed by atoms with van der Waals surface area (Å²) in [7, 11) is 1.71. The summed E-state index contributed by atoms with van der Waals surface area (Å²) in [5, 5.41) is 6.50. The Kier molecular flexibility index (Phi) is 8.48. The Morgan fingerprint density at radius 2 is 1.91 bits per heavy atom. The molecule has 0 spiro atoms. The molecular formula is C23H24FIN4O3. The molecule has 3 aromatic rings. The van der Waals surface area contributed by atoms with Crippen LogP contribution in [0.3, 0.4) is 0 Å². The average Bonchev–Trinajstić information content (AvgIpc) is 2.81. The number of hydrogen-bond donors (Lipinski definition) is 2. The number of benzene rings is 2. The van der Waals surface area contributed by atoms with Crippen molar-refractivity contribution in [3.8, 4) is 23.1 Å². The fourth-order valence-electron chi connectivity index (χ4n) is 3.02. The maximum absolute atomic E-state index is 13.0. The minimum atomic E-state index is -0.313. The first-order chi connectivity index (χ1) is 15.2. The van der Waals surface area contributed by atoms with Gasteiger partial charge < -0.3 is 24.8 Å². The molecule has 7 nitrogen and oxygen atoms in total. The highest BCUT2D eigenvalue weighted by molar-refractivity contribution is 14.0. The molecule has 1 atom stereocenters. The van der Waals surface area contributed by atoms with Gasteiger partial charge in [0.25, 0.3) is 0 Å². The number of aliphatic imine (C=N–C) groups is 1. The molecule has 0 saturated carbocycles. The van der Waals surface area contributed by atoms with Gasteiger partial charge in [-0.2, -0.15) is 0 Å². The second-order valence-electron chi connectivity index (χ2n) is 6.86. The Hall–Kier alpha value is -3.08. The Balaban J connectivity index is 0.00000289. The molecule has 0 saturated heterocycles. The number of pyridine rings is 1. The molecule has 2 heterocycles. The molecule has 168 valence electrons. The number of fused-ring (bicyclic) bond motifs is 1. The van der Waals surface area contributed by atoms with Gasteiger partial charge in [0, 0.05) is 25.9 Å². The molecule has 2 N–H and O–H groups in total. The van der Waals surface area contributed by atoms with E-state index in [0.717, 1.165) is 17.1 Å². The smallest absolute Gasteiger partial charge is 0.219 e. The lowest BCUT2D eigenvalue weighted by Gasteiger charge is -2.27. The predicted octanol–water partition coefficient (Wildman–Crippen LogP) is 4.14. The number of nitrogens with one attached hydrogen (secondary N) is 2. The SMILES string of the molecule is CN=C(NCc1ccnc(Oc2ccc(F)cc2)c1)NCC1COc2ccccc2O1.I. The van der Waals surface area contributed by atoms with Gasteiger partial charge in [0.15, 0.2) is 17.5 Å². The highest BCUT2D eigenvalue weighted by atomic mass is 127. The third-order valence-corrected chi connectivity index (χ3v) is 4.58. The molecule has 0 aliphatic carbocycles. The van der Waals surface area contributed by atoms with Gasteiger partial charge in [0.2, 0.25) is 5.88 Å². The Bertz CT molecular complexity index is 1050. The summed E-state index contributed by atoms with van der Waals surface area (Å²) < 4.78 is 30.4. The minimum Gasteiger partial charge on any atom is -0.486 e. The minimum absolute atomic E-state index is 0. The van der Waals surface area contributed by atoms with Gasteiger partial charge in [-0.3, -0.25) is 4.99 Å². The number of guanidine groups is 1. The first kappa shape index (κ1) is 23.6. The number of para-hydroxylation sites is 2. The topological polar surface area (TPSA) is 77.0 Å². The number of ether oxygens (including phenoxy) is 3. The molecule has 2 aromatic carbocycles. The van der Waals surface area contributed by atoms with E-state index in [9.17, 15) is 4.39 Å². The summed E-state index contributed by atoms with van der Waals surface area (Å²) in [6.07, 6.45) is 1.54. The summed E-state index contributed by atoms with van der Waals surface area (Å²) in [5.74, 6) is 2.78. The summed E-state index contributed by atoms with van der Waals surface area (Å²) >= 11 is 0. The van der Waals surface area contributed by atoms with E-state index >= 15 is 0 Å². The number of nitrogens with zero attached hydrogens (tertiary/aromatic N) is 2. The highest BCUT2D eigenvalue weighted by Crippen LogP contribution is 2.30. The quantitative estimate of drug-likeness (QED) is 0.273. The van der Waals surface area contributed by atoms with E-state index in [-0.39, 0.29) is 35.9 Å². The maximum atomic E-state index is 13.0. The molecule has 32 heavy (non-hydrogen) atoms. The molecule has 0 fully saturated rings. The third kappa shape index (κ3) is 6.46. The number of aromatic nitrogens is 1. The predicted molar refractivity (Wildman–Crippen MR) is 131 cm³/mol. The van der Waals surface area contributed by atoms with Crippen LogP contribution < -0.4 is 24.8 Å². The van der Waals surface area contributed by atoms with Gasteiger partial charge in [-0.15, -0.1) is 24.0 Å². The zero-order chi connectivity index (χ0) is 21.5. The van der Waals surface area contributed by atoms with Crippen LogP contribution in [0.2, 0.25) is 0 Å². The van der Waals surface area contributed by atoms with Crippen LogP contribution in [0.25, 0.3) is 0 Å². The van der Waals surface area contributed by atoms with Gasteiger partial charge in [0.1, 0.15) is 24.3 Å². The van der Waals surface area contributed by atoms with E-state index in [2.05, 4.69) is 20.6 Å². The highest BCUT2D eigenvalue weighted by Gasteiger charge is 2.20. The molecule has 0 amide bonds. The molecular weight excluding hydrogens is 526 g/mol. The standard InChI is InChI=1S/C23H23FN4O3.HI/c1-25-23(28-14-19-15-29-20-4-2-3-5-21(20)30-19)27-13-16-10-11-26-22(12-16)31-18-8-6-17(24)7-9-18;/h2-12,19H,13-15H2,1H3,(H2,25,27,28);1H. The average molecular weight is 550 g/mol. The number of halogens is 2. The first-order valence-corrected chi connectivity index (χ1v) is 9.91. The van der Waals surface area contributed by atoms with E-state index in [1.165, 1.54) is 12.1 Å². The summed E-state index contributed by atoms with van der Waals surface area (Å²) in [4.78, 5) is 8.45. The molecule has 4 rings (SSSR count). The van der Waals surface area contributed by atoms with Crippen molar-refractivity contribution in [3.63, 3.8) is 0 Å². The van der Waals surface area contributed by atoms with E-state index in [0.29, 0.717) is 37.3 Å². The van der Waals surface area contributed by atoms with E-state index < -0.39 is 0 Å². The molecule has 1 aliphatic heterocycles. The number of hydrogen-bond acceptors (Lipinski definition) is 5. The van der Waals surface area contributed by atoms with Crippen molar-refractivity contribution in [3.05, 3.63) is 78.2 Å². The lowest BCUT2D eigenvalue weighted by molar-refractivity contribution is 0.0936. The van der Waals surface area contributed by atoms with Gasteiger partial charge in [0.05, 0.1) is 6.54 Å². The largest absolute Gasteiger partial charge is 0.486 e. The third-order valence-electron chi connectivity index (χ3n) is 4.58. The second kappa shape index (κ2) is 11.5. The molecule has 1 aromatic heterocycles. The van der Waals surface area contributed by atoms with Crippen LogP contribution in [0.1, 0.15) is 5.56 Å². The van der Waals surface area contributed by atoms with Crippen molar-refractivity contribution in [1.29, 1.82) is 0 Å². The van der Waals surface area contributed by atoms with Crippen molar-refractivity contribution in [2.75, 3.05) is 20.2 Å². The van der Waals surface area contributed by atoms with E-state index in [1.807, 2.05) is 36.4 Å². The molecule has 1 unspecified atom stereocenters. The monoisotopic (exact) mass is 550 g/mol. The summed E-state index contributed by atoms with van der Waals surface area (Å²) in [6.45, 7) is 1.53. The van der Waals surface area contributed by atoms with E-state index in [1.54, 1.807) is 25.4 Å². The van der Waals surface area contributed by atoms with Gasteiger partial charge in [-0.05, 0) is 48.0 Å². The van der Waals surface area contributed by atoms with Crippen molar-refractivity contribution >= 4 is 29.9 Å². The van der Waals surface area contributed by atoms with Crippen LogP contribution >= 0.6 is 24.0 Å². The van der Waals surface area contributed by atoms with Crippen LogP contribution in [0, 0.1) is 5.82 Å². The van der Waals surface area contributed by atoms with Crippen molar-refractivity contribution in [2.45, 2.75) is 12.6 Å². The van der Waals surface area contributed by atoms with Crippen molar-refractivity contribution in [1.82, 2.24) is 15.6 Å². The molecule has 0 radical (unpaired) electrons. The fraction of sp³-hybridized carbons (Fsp3) is 0.217. The maximum Gasteiger partial charge on any atom is 0.219 e. The van der Waals surface area contributed by atoms with Gasteiger partial charge >= 0.3 is 0 Å². The van der Waals surface area contributed by atoms with E-state index in [4.69, 9.17) is 14.2 Å². The lowest BCUT2D eigenvalue weighted by atomic mass is 10.2. The second-order valence-corrected chi connectivity index (χ2v) is 6.86. The fourth-order valence-corrected chi connectivity index (χ4v) is 3.02. The summed E-state index contributed by atoms with van der Waals surface area (Å²) in [5.41, 5.74) is 0.959. The Morgan fingerprint density at radius 1 is 1.12 bits per heavy atom. The van der Waals surface area contributed by atoms with Crippen molar-refractivity contribution in [2.24, 2.45) is 4.99 Å². The Morgan fingerprint density at radius 3 is 2.69 bits per heavy atom. The van der Waals surface area contributed by atoms with Crippen LogP contribution in [-0.4, -0.2) is 37.2 Å². The van der Waals surface area contributed by atoms with Gasteiger partial charge in [-0.1, -0.05) is 12.1 Å². The Labute approximate surface area is 203 Å². The van der Waals surface area contributed by atoms with Crippen molar-refractivity contribution < 1.29 is 18.6 Å². The van der Waals surface area contributed by atoms with Crippen LogP contribution in [-0.2, 0) is 6.54 Å². The molecule has 0 bridgehead atoms. The first-order valence-electron chi connectivity index (χ1n) is 9.91. The summed E-state index contributed by atoms with van der Waals surface area (Å²) in [6, 6.07) is 17.1.